The third kappa shape index (κ3) is 5.36. The average Bonchev–Trinajstić information content (AvgIpc) is 2.99. The van der Waals surface area contributed by atoms with Crippen molar-refractivity contribution in [3.8, 4) is 5.75 Å². The second-order valence-electron chi connectivity index (χ2n) is 7.93. The van der Waals surface area contributed by atoms with Gasteiger partial charge in [-0.1, -0.05) is 32.4 Å². The van der Waals surface area contributed by atoms with Gasteiger partial charge in [-0.15, -0.1) is 13.2 Å². The number of piperidine rings is 1. The molecule has 1 aliphatic heterocycles. The summed E-state index contributed by atoms with van der Waals surface area (Å²) in [6.45, 7) is 9.72. The van der Waals surface area contributed by atoms with Crippen LogP contribution < -0.4 is 10.1 Å². The monoisotopic (exact) mass is 370 g/mol. The highest BCUT2D eigenvalue weighted by molar-refractivity contribution is 5.28. The molecule has 3 unspecified atom stereocenters. The average molecular weight is 370 g/mol. The van der Waals surface area contributed by atoms with Crippen molar-refractivity contribution in [2.45, 2.75) is 39.6 Å². The Balaban J connectivity index is 1.36. The molecule has 26 heavy (non-hydrogen) atoms. The molecule has 2 aliphatic rings. The molecule has 0 radical (unpaired) electrons. The number of halogens is 3. The predicted molar refractivity (Wildman–Crippen MR) is 95.8 cm³/mol. The zero-order chi connectivity index (χ0) is 18.7. The van der Waals surface area contributed by atoms with E-state index in [2.05, 4.69) is 28.8 Å². The zero-order valence-electron chi connectivity index (χ0n) is 15.6. The highest BCUT2D eigenvalue weighted by Crippen LogP contribution is 2.51. The van der Waals surface area contributed by atoms with Gasteiger partial charge in [0, 0.05) is 26.2 Å². The standard InChI is InChI=1S/C20H29F3N2O/c1-3-5-14(2)11-25-12-18-17(19(18)13-25)10-24-9-15-6-4-7-16(8-15)26-20(21,22)23/h4,6-8,14,17-19,24H,3,5,9-13H2,1-2H3. The van der Waals surface area contributed by atoms with Crippen molar-refractivity contribution in [3.05, 3.63) is 29.8 Å². The molecule has 1 N–H and O–H groups in total. The summed E-state index contributed by atoms with van der Waals surface area (Å²) < 4.78 is 40.8. The molecule has 146 valence electrons. The van der Waals surface area contributed by atoms with Gasteiger partial charge in [0.25, 0.3) is 0 Å². The van der Waals surface area contributed by atoms with Gasteiger partial charge in [0.2, 0.25) is 0 Å². The van der Waals surface area contributed by atoms with Crippen LogP contribution in [-0.4, -0.2) is 37.4 Å². The molecule has 1 heterocycles. The fraction of sp³-hybridized carbons (Fsp3) is 0.700. The number of alkyl halides is 3. The minimum Gasteiger partial charge on any atom is -0.406 e. The largest absolute Gasteiger partial charge is 0.573 e. The van der Waals surface area contributed by atoms with Crippen molar-refractivity contribution >= 4 is 0 Å². The van der Waals surface area contributed by atoms with Gasteiger partial charge in [-0.2, -0.15) is 0 Å². The Morgan fingerprint density at radius 2 is 2.00 bits per heavy atom. The molecule has 1 saturated heterocycles. The van der Waals surface area contributed by atoms with E-state index in [4.69, 9.17) is 0 Å². The van der Waals surface area contributed by atoms with E-state index in [9.17, 15) is 13.2 Å². The summed E-state index contributed by atoms with van der Waals surface area (Å²) >= 11 is 0. The van der Waals surface area contributed by atoms with Crippen molar-refractivity contribution < 1.29 is 17.9 Å². The number of nitrogens with zero attached hydrogens (tertiary/aromatic N) is 1. The number of nitrogens with one attached hydrogen (secondary N) is 1. The van der Waals surface area contributed by atoms with E-state index >= 15 is 0 Å². The number of benzene rings is 1. The molecule has 3 nitrogen and oxygen atoms in total. The highest BCUT2D eigenvalue weighted by atomic mass is 19.4. The third-order valence-electron chi connectivity index (χ3n) is 5.64. The van der Waals surface area contributed by atoms with Crippen LogP contribution in [0.25, 0.3) is 0 Å². The minimum absolute atomic E-state index is 0.156. The number of likely N-dealkylation sites (tertiary alicyclic amines) is 1. The van der Waals surface area contributed by atoms with E-state index < -0.39 is 6.36 Å². The lowest BCUT2D eigenvalue weighted by molar-refractivity contribution is -0.274. The molecule has 3 atom stereocenters. The summed E-state index contributed by atoms with van der Waals surface area (Å²) in [5, 5.41) is 3.40. The van der Waals surface area contributed by atoms with Crippen LogP contribution in [0, 0.1) is 23.7 Å². The molecule has 0 aromatic heterocycles. The molecule has 0 amide bonds. The number of hydrogen-bond donors (Lipinski definition) is 1. The second kappa shape index (κ2) is 8.17. The summed E-state index contributed by atoms with van der Waals surface area (Å²) in [5.74, 6) is 2.95. The van der Waals surface area contributed by atoms with Gasteiger partial charge in [0.05, 0.1) is 0 Å². The first-order valence-electron chi connectivity index (χ1n) is 9.63. The topological polar surface area (TPSA) is 24.5 Å². The van der Waals surface area contributed by atoms with Gasteiger partial charge in [-0.25, -0.2) is 0 Å². The van der Waals surface area contributed by atoms with Gasteiger partial charge in [0.1, 0.15) is 5.75 Å². The first-order chi connectivity index (χ1) is 12.4. The molecule has 6 heteroatoms. The molecular weight excluding hydrogens is 341 g/mol. The van der Waals surface area contributed by atoms with Gasteiger partial charge < -0.3 is 15.0 Å². The maximum atomic E-state index is 12.3. The van der Waals surface area contributed by atoms with Crippen molar-refractivity contribution in [2.24, 2.45) is 23.7 Å². The third-order valence-corrected chi connectivity index (χ3v) is 5.64. The van der Waals surface area contributed by atoms with Gasteiger partial charge in [-0.3, -0.25) is 0 Å². The normalized spacial score (nSPS) is 26.6. The second-order valence-corrected chi connectivity index (χ2v) is 7.93. The summed E-state index contributed by atoms with van der Waals surface area (Å²) in [4.78, 5) is 2.60. The Labute approximate surface area is 153 Å². The zero-order valence-corrected chi connectivity index (χ0v) is 15.6. The Morgan fingerprint density at radius 3 is 2.65 bits per heavy atom. The van der Waals surface area contributed by atoms with Crippen LogP contribution >= 0.6 is 0 Å². The van der Waals surface area contributed by atoms with E-state index in [1.807, 2.05) is 6.07 Å². The number of hydrogen-bond acceptors (Lipinski definition) is 3. The van der Waals surface area contributed by atoms with Crippen molar-refractivity contribution in [3.63, 3.8) is 0 Å². The molecule has 1 saturated carbocycles. The first kappa shape index (κ1) is 19.5. The molecule has 1 aromatic carbocycles. The van der Waals surface area contributed by atoms with E-state index in [0.29, 0.717) is 6.54 Å². The van der Waals surface area contributed by atoms with Crippen LogP contribution in [0.3, 0.4) is 0 Å². The van der Waals surface area contributed by atoms with Crippen LogP contribution in [0.4, 0.5) is 13.2 Å². The molecule has 1 aliphatic carbocycles. The maximum Gasteiger partial charge on any atom is 0.573 e. The Hall–Kier alpha value is -1.27. The summed E-state index contributed by atoms with van der Waals surface area (Å²) in [5.41, 5.74) is 0.813. The Morgan fingerprint density at radius 1 is 1.27 bits per heavy atom. The van der Waals surface area contributed by atoms with Gasteiger partial charge in [-0.05, 0) is 54.3 Å². The van der Waals surface area contributed by atoms with E-state index in [0.717, 1.165) is 35.8 Å². The van der Waals surface area contributed by atoms with Gasteiger partial charge >= 0.3 is 6.36 Å². The summed E-state index contributed by atoms with van der Waals surface area (Å²) in [6.07, 6.45) is -2.09. The number of ether oxygens (including phenoxy) is 1. The highest BCUT2D eigenvalue weighted by Gasteiger charge is 2.54. The lowest BCUT2D eigenvalue weighted by atomic mass is 10.1. The number of rotatable bonds is 9. The molecule has 0 bridgehead atoms. The predicted octanol–water partition coefficient (Wildman–Crippen LogP) is 4.29. The van der Waals surface area contributed by atoms with Crippen LogP contribution in [-0.2, 0) is 6.54 Å². The molecule has 2 fully saturated rings. The first-order valence-corrected chi connectivity index (χ1v) is 9.63. The van der Waals surface area contributed by atoms with Crippen LogP contribution in [0.1, 0.15) is 32.3 Å². The summed E-state index contributed by atoms with van der Waals surface area (Å²) in [7, 11) is 0. The fourth-order valence-electron chi connectivity index (χ4n) is 4.45. The van der Waals surface area contributed by atoms with Gasteiger partial charge in [0.15, 0.2) is 0 Å². The van der Waals surface area contributed by atoms with Crippen LogP contribution in [0.5, 0.6) is 5.75 Å². The van der Waals surface area contributed by atoms with Crippen LogP contribution in [0.2, 0.25) is 0 Å². The maximum absolute atomic E-state index is 12.3. The van der Waals surface area contributed by atoms with Crippen molar-refractivity contribution in [2.75, 3.05) is 26.2 Å². The smallest absolute Gasteiger partial charge is 0.406 e. The molecular formula is C20H29F3N2O. The lowest BCUT2D eigenvalue weighted by Crippen LogP contribution is -2.31. The minimum atomic E-state index is -4.64. The summed E-state index contributed by atoms with van der Waals surface area (Å²) in [6, 6.07) is 6.20. The SMILES string of the molecule is CCCC(C)CN1CC2C(CNCc3cccc(OC(F)(F)F)c3)C2C1. The van der Waals surface area contributed by atoms with Crippen molar-refractivity contribution in [1.29, 1.82) is 0 Å². The van der Waals surface area contributed by atoms with Crippen molar-refractivity contribution in [1.82, 2.24) is 10.2 Å². The molecule has 3 rings (SSSR count). The molecule has 0 spiro atoms. The fourth-order valence-corrected chi connectivity index (χ4v) is 4.45. The quantitative estimate of drug-likeness (QED) is 0.702. The number of fused-ring (bicyclic) bond motifs is 1. The van der Waals surface area contributed by atoms with E-state index in [1.54, 1.807) is 6.07 Å². The lowest BCUT2D eigenvalue weighted by Gasteiger charge is -2.23. The van der Waals surface area contributed by atoms with E-state index in [1.165, 1.54) is 44.6 Å². The molecule has 1 aromatic rings. The van der Waals surface area contributed by atoms with E-state index in [-0.39, 0.29) is 5.75 Å². The Bertz CT molecular complexity index is 581. The van der Waals surface area contributed by atoms with Crippen LogP contribution in [0.15, 0.2) is 24.3 Å². The Kier molecular flexibility index (Phi) is 6.13.